The first-order chi connectivity index (χ1) is 10.0. The number of carbonyl (C=O) groups excluding carboxylic acids is 1. The molecule has 0 saturated carbocycles. The van der Waals surface area contributed by atoms with Crippen LogP contribution >= 0.6 is 11.9 Å². The van der Waals surface area contributed by atoms with Gasteiger partial charge in [0.2, 0.25) is 0 Å². The maximum Gasteiger partial charge on any atom is 0.435 e. The molecule has 0 aliphatic rings. The van der Waals surface area contributed by atoms with E-state index in [-0.39, 0.29) is 5.49 Å². The van der Waals surface area contributed by atoms with Gasteiger partial charge >= 0.3 is 11.8 Å². The lowest BCUT2D eigenvalue weighted by Crippen LogP contribution is -2.38. The number of amides is 1. The van der Waals surface area contributed by atoms with Crippen molar-refractivity contribution in [2.45, 2.75) is 4.90 Å². The summed E-state index contributed by atoms with van der Waals surface area (Å²) in [5.74, 6) is -0.800. The van der Waals surface area contributed by atoms with Gasteiger partial charge in [-0.2, -0.15) is 4.99 Å². The fraction of sp³-hybridized carbons (Fsp3) is 0.154. The molecule has 0 bridgehead atoms. The SMILES string of the molecule is COC(=O)N=c1c(F)cn(Sc2ccccc2)c(=O)n1C. The zero-order valence-corrected chi connectivity index (χ0v) is 12.1. The average molecular weight is 309 g/mol. The van der Waals surface area contributed by atoms with Gasteiger partial charge in [-0.15, -0.1) is 0 Å². The highest BCUT2D eigenvalue weighted by atomic mass is 32.2. The van der Waals surface area contributed by atoms with Crippen molar-refractivity contribution in [1.29, 1.82) is 0 Å². The van der Waals surface area contributed by atoms with Crippen LogP contribution in [-0.2, 0) is 11.8 Å². The van der Waals surface area contributed by atoms with E-state index in [1.165, 1.54) is 7.05 Å². The number of ether oxygens (including phenoxy) is 1. The largest absolute Gasteiger partial charge is 0.451 e. The lowest BCUT2D eigenvalue weighted by Gasteiger charge is -2.08. The van der Waals surface area contributed by atoms with Gasteiger partial charge in [-0.25, -0.2) is 18.0 Å². The van der Waals surface area contributed by atoms with Crippen molar-refractivity contribution >= 4 is 18.0 Å². The molecule has 0 fully saturated rings. The second-order valence-corrected chi connectivity index (χ2v) is 5.00. The van der Waals surface area contributed by atoms with Gasteiger partial charge in [0.25, 0.3) is 0 Å². The Morgan fingerprint density at radius 1 is 1.33 bits per heavy atom. The highest BCUT2D eigenvalue weighted by molar-refractivity contribution is 7.97. The van der Waals surface area contributed by atoms with Gasteiger partial charge in [0.15, 0.2) is 11.3 Å². The summed E-state index contributed by atoms with van der Waals surface area (Å²) < 4.78 is 20.4. The summed E-state index contributed by atoms with van der Waals surface area (Å²) in [5.41, 5.74) is -0.898. The van der Waals surface area contributed by atoms with Gasteiger partial charge in [-0.1, -0.05) is 18.2 Å². The smallest absolute Gasteiger partial charge is 0.435 e. The number of benzene rings is 1. The highest BCUT2D eigenvalue weighted by Crippen LogP contribution is 2.17. The minimum Gasteiger partial charge on any atom is -0.451 e. The van der Waals surface area contributed by atoms with Crippen LogP contribution in [0.2, 0.25) is 0 Å². The molecule has 110 valence electrons. The normalized spacial score (nSPS) is 11.5. The molecule has 0 spiro atoms. The van der Waals surface area contributed by atoms with Crippen molar-refractivity contribution in [3.8, 4) is 0 Å². The molecule has 2 aromatic rings. The molecule has 8 heteroatoms. The third-order valence-corrected chi connectivity index (χ3v) is 3.50. The zero-order chi connectivity index (χ0) is 15.4. The summed E-state index contributed by atoms with van der Waals surface area (Å²) in [6.45, 7) is 0. The molecule has 6 nitrogen and oxygen atoms in total. The molecule has 1 heterocycles. The summed E-state index contributed by atoms with van der Waals surface area (Å²) in [6, 6.07) is 9.05. The topological polar surface area (TPSA) is 65.6 Å². The Kier molecular flexibility index (Phi) is 4.59. The Morgan fingerprint density at radius 3 is 2.62 bits per heavy atom. The number of nitrogens with zero attached hydrogens (tertiary/aromatic N) is 3. The molecular formula is C13H12FN3O3S. The lowest BCUT2D eigenvalue weighted by atomic mass is 10.4. The van der Waals surface area contributed by atoms with E-state index < -0.39 is 17.6 Å². The van der Waals surface area contributed by atoms with Gasteiger partial charge in [-0.3, -0.25) is 4.57 Å². The van der Waals surface area contributed by atoms with E-state index in [0.717, 1.165) is 38.7 Å². The van der Waals surface area contributed by atoms with Gasteiger partial charge in [0.1, 0.15) is 0 Å². The minimum absolute atomic E-state index is 0.378. The van der Waals surface area contributed by atoms with E-state index in [2.05, 4.69) is 9.73 Å². The molecular weight excluding hydrogens is 297 g/mol. The van der Waals surface area contributed by atoms with Crippen molar-refractivity contribution in [1.82, 2.24) is 8.54 Å². The summed E-state index contributed by atoms with van der Waals surface area (Å²) in [7, 11) is 2.45. The molecule has 0 radical (unpaired) electrons. The summed E-state index contributed by atoms with van der Waals surface area (Å²) in [4.78, 5) is 27.4. The van der Waals surface area contributed by atoms with E-state index in [1.54, 1.807) is 12.1 Å². The van der Waals surface area contributed by atoms with Gasteiger partial charge in [-0.05, 0) is 24.1 Å². The van der Waals surface area contributed by atoms with Crippen LogP contribution in [0.15, 0.2) is 51.2 Å². The highest BCUT2D eigenvalue weighted by Gasteiger charge is 2.10. The Hall–Kier alpha value is -2.35. The Labute approximate surface area is 123 Å². The first-order valence-electron chi connectivity index (χ1n) is 5.87. The van der Waals surface area contributed by atoms with Gasteiger partial charge < -0.3 is 4.74 Å². The van der Waals surface area contributed by atoms with E-state index in [4.69, 9.17) is 0 Å². The molecule has 0 N–H and O–H groups in total. The Morgan fingerprint density at radius 2 is 2.00 bits per heavy atom. The molecule has 0 atom stereocenters. The molecule has 0 unspecified atom stereocenters. The molecule has 0 aliphatic carbocycles. The van der Waals surface area contributed by atoms with Crippen molar-refractivity contribution in [3.63, 3.8) is 0 Å². The number of methoxy groups -OCH3 is 1. The summed E-state index contributed by atoms with van der Waals surface area (Å²) >= 11 is 1.06. The minimum atomic E-state index is -0.975. The van der Waals surface area contributed by atoms with Crippen LogP contribution < -0.4 is 11.2 Å². The first kappa shape index (κ1) is 15.0. The van der Waals surface area contributed by atoms with Crippen LogP contribution in [0.1, 0.15) is 0 Å². The molecule has 0 aliphatic heterocycles. The number of rotatable bonds is 2. The van der Waals surface area contributed by atoms with Crippen LogP contribution in [0.4, 0.5) is 9.18 Å². The van der Waals surface area contributed by atoms with Crippen molar-refractivity contribution in [2.75, 3.05) is 7.11 Å². The maximum atomic E-state index is 14.0. The molecule has 2 rings (SSSR count). The second-order valence-electron chi connectivity index (χ2n) is 3.95. The van der Waals surface area contributed by atoms with Gasteiger partial charge in [0.05, 0.1) is 13.3 Å². The predicted octanol–water partition coefficient (Wildman–Crippen LogP) is 1.55. The molecule has 0 saturated heterocycles. The molecule has 1 aromatic carbocycles. The van der Waals surface area contributed by atoms with Gasteiger partial charge in [0, 0.05) is 11.9 Å². The Balaban J connectivity index is 2.51. The quantitative estimate of drug-likeness (QED) is 0.844. The fourth-order valence-electron chi connectivity index (χ4n) is 1.54. The molecule has 1 aromatic heterocycles. The number of halogens is 1. The summed E-state index contributed by atoms with van der Waals surface area (Å²) in [6.07, 6.45) is 0.0132. The third-order valence-electron chi connectivity index (χ3n) is 2.56. The van der Waals surface area contributed by atoms with Crippen molar-refractivity contribution in [2.24, 2.45) is 12.0 Å². The standard InChI is InChI=1S/C13H12FN3O3S/c1-16-11(15-12(18)20-2)10(14)8-17(13(16)19)21-9-6-4-3-5-7-9/h3-8H,1-2H3. The average Bonchev–Trinajstić information content (AvgIpc) is 2.49. The fourth-order valence-corrected chi connectivity index (χ4v) is 2.39. The first-order valence-corrected chi connectivity index (χ1v) is 6.64. The Bertz CT molecular complexity index is 783. The summed E-state index contributed by atoms with van der Waals surface area (Å²) in [5, 5.41) is 0. The van der Waals surface area contributed by atoms with Crippen molar-refractivity contribution < 1.29 is 13.9 Å². The number of hydrogen-bond donors (Lipinski definition) is 0. The monoisotopic (exact) mass is 309 g/mol. The van der Waals surface area contributed by atoms with E-state index in [0.29, 0.717) is 0 Å². The third kappa shape index (κ3) is 3.40. The molecule has 21 heavy (non-hydrogen) atoms. The predicted molar refractivity (Wildman–Crippen MR) is 75.3 cm³/mol. The number of hydrogen-bond acceptors (Lipinski definition) is 4. The second kappa shape index (κ2) is 6.40. The zero-order valence-electron chi connectivity index (χ0n) is 11.3. The number of aromatic nitrogens is 2. The van der Waals surface area contributed by atoms with Crippen LogP contribution in [0.3, 0.4) is 0 Å². The van der Waals surface area contributed by atoms with Crippen LogP contribution in [0.5, 0.6) is 0 Å². The number of carbonyl (C=O) groups is 1. The lowest BCUT2D eigenvalue weighted by molar-refractivity contribution is 0.181. The van der Waals surface area contributed by atoms with Crippen LogP contribution in [0, 0.1) is 5.82 Å². The van der Waals surface area contributed by atoms with Crippen molar-refractivity contribution in [3.05, 3.63) is 58.3 Å². The van der Waals surface area contributed by atoms with E-state index in [9.17, 15) is 14.0 Å². The van der Waals surface area contributed by atoms with E-state index in [1.807, 2.05) is 18.2 Å². The maximum absolute atomic E-state index is 14.0. The van der Waals surface area contributed by atoms with Crippen LogP contribution in [-0.4, -0.2) is 21.7 Å². The van der Waals surface area contributed by atoms with Crippen LogP contribution in [0.25, 0.3) is 0 Å². The molecule has 1 amide bonds. The van der Waals surface area contributed by atoms with E-state index >= 15 is 0 Å².